The molecule has 3 aliphatic heterocycles. The van der Waals surface area contributed by atoms with Crippen molar-refractivity contribution >= 4 is 16.7 Å². The molecular weight excluding hydrogens is 384 g/mol. The van der Waals surface area contributed by atoms with E-state index in [2.05, 4.69) is 58.3 Å². The molecule has 2 unspecified atom stereocenters. The Hall–Kier alpha value is -2.44. The fourth-order valence-corrected chi connectivity index (χ4v) is 6.22. The normalized spacial score (nSPS) is 29.0. The summed E-state index contributed by atoms with van der Waals surface area (Å²) in [5, 5.41) is 3.60. The lowest BCUT2D eigenvalue weighted by Crippen LogP contribution is -2.52. The van der Waals surface area contributed by atoms with E-state index in [1.54, 1.807) is 0 Å². The van der Waals surface area contributed by atoms with Crippen LogP contribution >= 0.6 is 0 Å². The van der Waals surface area contributed by atoms with Gasteiger partial charge in [-0.1, -0.05) is 12.1 Å². The van der Waals surface area contributed by atoms with Gasteiger partial charge in [-0.25, -0.2) is 4.98 Å². The van der Waals surface area contributed by atoms with Crippen LogP contribution in [0.2, 0.25) is 0 Å². The van der Waals surface area contributed by atoms with E-state index < -0.39 is 0 Å². The van der Waals surface area contributed by atoms with E-state index in [9.17, 15) is 0 Å². The summed E-state index contributed by atoms with van der Waals surface area (Å²) in [6.45, 7) is 4.35. The zero-order valence-corrected chi connectivity index (χ0v) is 18.5. The van der Waals surface area contributed by atoms with Crippen LogP contribution in [0.15, 0.2) is 36.5 Å². The van der Waals surface area contributed by atoms with Gasteiger partial charge in [0.05, 0.1) is 34.5 Å². The van der Waals surface area contributed by atoms with Crippen molar-refractivity contribution in [3.8, 4) is 0 Å². The molecule has 0 amide bonds. The van der Waals surface area contributed by atoms with Crippen LogP contribution in [-0.2, 0) is 0 Å². The molecule has 162 valence electrons. The molecule has 0 spiro atoms. The van der Waals surface area contributed by atoms with Gasteiger partial charge in [0.25, 0.3) is 0 Å². The van der Waals surface area contributed by atoms with Crippen LogP contribution in [0.25, 0.3) is 11.0 Å². The first kappa shape index (κ1) is 19.3. The average Bonchev–Trinajstić information content (AvgIpc) is 3.32. The molecule has 2 aromatic heterocycles. The molecule has 1 aromatic carbocycles. The van der Waals surface area contributed by atoms with Crippen molar-refractivity contribution in [2.75, 3.05) is 25.0 Å². The second-order valence-corrected chi connectivity index (χ2v) is 9.58. The van der Waals surface area contributed by atoms with Crippen molar-refractivity contribution in [2.24, 2.45) is 0 Å². The Bertz CT molecular complexity index is 1070. The number of piperazine rings is 1. The van der Waals surface area contributed by atoms with Crippen LogP contribution in [0.1, 0.15) is 61.3 Å². The fraction of sp³-hybridized carbons (Fsp3) is 0.520. The van der Waals surface area contributed by atoms with Crippen molar-refractivity contribution in [3.63, 3.8) is 0 Å². The second-order valence-electron chi connectivity index (χ2n) is 9.58. The van der Waals surface area contributed by atoms with Gasteiger partial charge in [-0.05, 0) is 69.8 Å². The third-order valence-electron chi connectivity index (χ3n) is 7.79. The Morgan fingerprint density at radius 1 is 0.968 bits per heavy atom. The number of anilines is 1. The van der Waals surface area contributed by atoms with Gasteiger partial charge in [-0.15, -0.1) is 0 Å². The number of aryl methyl sites for hydroxylation is 1. The monoisotopic (exact) mass is 416 g/mol. The summed E-state index contributed by atoms with van der Waals surface area (Å²) in [7, 11) is 2.24. The van der Waals surface area contributed by atoms with Crippen LogP contribution in [0.5, 0.6) is 0 Å². The summed E-state index contributed by atoms with van der Waals surface area (Å²) in [4.78, 5) is 18.8. The summed E-state index contributed by atoms with van der Waals surface area (Å²) in [6, 6.07) is 12.7. The zero-order valence-electron chi connectivity index (χ0n) is 18.5. The highest BCUT2D eigenvalue weighted by Gasteiger charge is 2.38. The number of nitrogens with zero attached hydrogens (tertiary/aromatic N) is 4. The first-order valence-corrected chi connectivity index (χ1v) is 11.8. The van der Waals surface area contributed by atoms with Gasteiger partial charge in [0, 0.05) is 31.4 Å². The van der Waals surface area contributed by atoms with Crippen molar-refractivity contribution in [2.45, 2.75) is 63.2 Å². The number of imidazole rings is 1. The van der Waals surface area contributed by atoms with Crippen LogP contribution in [0.3, 0.4) is 0 Å². The number of nitrogens with one attached hydrogen (secondary N) is 2. The first-order chi connectivity index (χ1) is 15.2. The van der Waals surface area contributed by atoms with Crippen LogP contribution < -0.4 is 10.2 Å². The van der Waals surface area contributed by atoms with Gasteiger partial charge in [0.1, 0.15) is 5.82 Å². The van der Waals surface area contributed by atoms with E-state index in [0.29, 0.717) is 24.2 Å². The van der Waals surface area contributed by atoms with Gasteiger partial charge in [-0.2, -0.15) is 0 Å². The summed E-state index contributed by atoms with van der Waals surface area (Å²) < 4.78 is 0. The molecule has 0 aliphatic carbocycles. The maximum atomic E-state index is 5.10. The molecule has 31 heavy (non-hydrogen) atoms. The van der Waals surface area contributed by atoms with Crippen molar-refractivity contribution < 1.29 is 0 Å². The summed E-state index contributed by atoms with van der Waals surface area (Å²) in [5.41, 5.74) is 6.13. The van der Waals surface area contributed by atoms with Crippen molar-refractivity contribution in [1.29, 1.82) is 0 Å². The number of rotatable bonds is 3. The molecule has 0 radical (unpaired) electrons. The molecule has 6 nitrogen and oxygen atoms in total. The highest BCUT2D eigenvalue weighted by molar-refractivity contribution is 5.89. The second kappa shape index (κ2) is 7.61. The lowest BCUT2D eigenvalue weighted by Gasteiger charge is -2.39. The topological polar surface area (TPSA) is 60.1 Å². The number of fused-ring (bicyclic) bond motifs is 3. The Balaban J connectivity index is 1.35. The SMILES string of the molecule is Cc1cccnc1[C@@H]1CCC[C@H](c2nc3cccc(N4C5CCC4CNC5)c3[nH]2)N1C. The predicted octanol–water partition coefficient (Wildman–Crippen LogP) is 4.11. The van der Waals surface area contributed by atoms with Gasteiger partial charge in [-0.3, -0.25) is 9.88 Å². The third-order valence-corrected chi connectivity index (χ3v) is 7.79. The van der Waals surface area contributed by atoms with E-state index in [-0.39, 0.29) is 0 Å². The smallest absolute Gasteiger partial charge is 0.124 e. The van der Waals surface area contributed by atoms with Crippen LogP contribution in [-0.4, -0.2) is 52.1 Å². The van der Waals surface area contributed by atoms with Gasteiger partial charge in [0.2, 0.25) is 0 Å². The van der Waals surface area contributed by atoms with E-state index in [4.69, 9.17) is 9.97 Å². The van der Waals surface area contributed by atoms with E-state index in [1.165, 1.54) is 41.7 Å². The molecule has 2 N–H and O–H groups in total. The molecular formula is C25H32N6. The van der Waals surface area contributed by atoms with Crippen LogP contribution in [0, 0.1) is 6.92 Å². The van der Waals surface area contributed by atoms with Crippen LogP contribution in [0.4, 0.5) is 5.69 Å². The molecule has 3 saturated heterocycles. The number of aromatic nitrogens is 3. The first-order valence-electron chi connectivity index (χ1n) is 11.8. The Morgan fingerprint density at radius 2 is 1.77 bits per heavy atom. The number of hydrogen-bond acceptors (Lipinski definition) is 5. The molecule has 2 bridgehead atoms. The van der Waals surface area contributed by atoms with Crippen molar-refractivity contribution in [3.05, 3.63) is 53.6 Å². The largest absolute Gasteiger partial charge is 0.361 e. The lowest BCUT2D eigenvalue weighted by molar-refractivity contribution is 0.107. The number of piperidine rings is 1. The van der Waals surface area contributed by atoms with E-state index in [0.717, 1.165) is 37.3 Å². The molecule has 6 heteroatoms. The Morgan fingerprint density at radius 3 is 2.58 bits per heavy atom. The van der Waals surface area contributed by atoms with E-state index >= 15 is 0 Å². The zero-order chi connectivity index (χ0) is 20.9. The minimum Gasteiger partial charge on any atom is -0.361 e. The minimum absolute atomic E-state index is 0.292. The summed E-state index contributed by atoms with van der Waals surface area (Å²) >= 11 is 0. The molecule has 6 rings (SSSR count). The lowest BCUT2D eigenvalue weighted by atomic mass is 9.92. The highest BCUT2D eigenvalue weighted by Crippen LogP contribution is 2.41. The maximum Gasteiger partial charge on any atom is 0.124 e. The number of aromatic amines is 1. The minimum atomic E-state index is 0.292. The molecule has 3 aliphatic rings. The third kappa shape index (κ3) is 3.15. The van der Waals surface area contributed by atoms with Crippen molar-refractivity contribution in [1.82, 2.24) is 25.2 Å². The standard InChI is InChI=1S/C25H32N6/c1-16-6-5-13-27-23(16)20-8-4-10-22(30(20)2)25-28-19-7-3-9-21(24(19)29-25)31-17-11-12-18(31)15-26-14-17/h3,5-7,9,13,17-18,20,22,26H,4,8,10-12,14-15H2,1-2H3,(H,28,29)/t17?,18?,20-,22+/m0/s1. The molecule has 3 fully saturated rings. The summed E-state index contributed by atoms with van der Waals surface area (Å²) in [6.07, 6.45) is 7.97. The van der Waals surface area contributed by atoms with Gasteiger partial charge < -0.3 is 15.2 Å². The molecule has 4 atom stereocenters. The van der Waals surface area contributed by atoms with E-state index in [1.807, 2.05) is 12.3 Å². The fourth-order valence-electron chi connectivity index (χ4n) is 6.22. The highest BCUT2D eigenvalue weighted by atomic mass is 15.3. The number of pyridine rings is 1. The number of benzene rings is 1. The maximum absolute atomic E-state index is 5.10. The Labute approximate surface area is 184 Å². The van der Waals surface area contributed by atoms with Gasteiger partial charge >= 0.3 is 0 Å². The predicted molar refractivity (Wildman–Crippen MR) is 124 cm³/mol. The molecule has 5 heterocycles. The number of H-pyrrole nitrogens is 1. The number of para-hydroxylation sites is 1. The number of likely N-dealkylation sites (tertiary alicyclic amines) is 1. The number of hydrogen-bond donors (Lipinski definition) is 2. The quantitative estimate of drug-likeness (QED) is 0.673. The molecule has 3 aromatic rings. The van der Waals surface area contributed by atoms with Gasteiger partial charge in [0.15, 0.2) is 0 Å². The Kier molecular flexibility index (Phi) is 4.73. The molecule has 0 saturated carbocycles. The average molecular weight is 417 g/mol. The summed E-state index contributed by atoms with van der Waals surface area (Å²) in [5.74, 6) is 1.10.